The molecule has 1 unspecified atom stereocenters. The van der Waals surface area contributed by atoms with Gasteiger partial charge in [0.05, 0.1) is 0 Å². The Morgan fingerprint density at radius 3 is 2.76 bits per heavy atom. The van der Waals surface area contributed by atoms with Crippen molar-refractivity contribution in [3.63, 3.8) is 0 Å². The highest BCUT2D eigenvalue weighted by Crippen LogP contribution is 2.35. The van der Waals surface area contributed by atoms with E-state index < -0.39 is 0 Å². The lowest BCUT2D eigenvalue weighted by atomic mass is 9.78. The fraction of sp³-hybridized carbons (Fsp3) is 0.867. The number of piperazine rings is 1. The average Bonchev–Trinajstić information content (AvgIpc) is 2.36. The van der Waals surface area contributed by atoms with Crippen LogP contribution in [0.5, 0.6) is 0 Å². The molecule has 0 amide bonds. The van der Waals surface area contributed by atoms with E-state index in [9.17, 15) is 0 Å². The molecule has 2 aliphatic rings. The summed E-state index contributed by atoms with van der Waals surface area (Å²) in [6, 6.07) is 0.701. The maximum Gasteiger partial charge on any atom is 0.0338 e. The predicted octanol–water partition coefficient (Wildman–Crippen LogP) is 2.95. The van der Waals surface area contributed by atoms with E-state index in [0.717, 1.165) is 6.54 Å². The lowest BCUT2D eigenvalue weighted by Gasteiger charge is -2.52. The fourth-order valence-corrected chi connectivity index (χ4v) is 3.64. The molecule has 98 valence electrons. The Bertz CT molecular complexity index is 243. The third kappa shape index (κ3) is 2.92. The quantitative estimate of drug-likeness (QED) is 0.755. The molecule has 1 saturated carbocycles. The Kier molecular flexibility index (Phi) is 4.63. The highest BCUT2D eigenvalue weighted by atomic mass is 15.3. The maximum atomic E-state index is 3.94. The van der Waals surface area contributed by atoms with Gasteiger partial charge >= 0.3 is 0 Å². The molecule has 1 heterocycles. The molecule has 1 aliphatic heterocycles. The summed E-state index contributed by atoms with van der Waals surface area (Å²) in [5.74, 6) is 0. The summed E-state index contributed by atoms with van der Waals surface area (Å²) in [5.41, 5.74) is 0.455. The minimum absolute atomic E-state index is 0.455. The molecule has 0 aromatic heterocycles. The molecule has 0 radical (unpaired) electrons. The Morgan fingerprint density at radius 1 is 1.35 bits per heavy atom. The molecule has 1 N–H and O–H groups in total. The zero-order valence-corrected chi connectivity index (χ0v) is 11.4. The molecule has 2 nitrogen and oxygen atoms in total. The van der Waals surface area contributed by atoms with Gasteiger partial charge in [0.15, 0.2) is 0 Å². The summed E-state index contributed by atoms with van der Waals surface area (Å²) in [6.45, 7) is 9.72. The van der Waals surface area contributed by atoms with E-state index in [2.05, 4.69) is 29.8 Å². The molecule has 0 aromatic rings. The van der Waals surface area contributed by atoms with Gasteiger partial charge in [0, 0.05) is 31.2 Å². The molecule has 1 aliphatic carbocycles. The van der Waals surface area contributed by atoms with E-state index >= 15 is 0 Å². The van der Waals surface area contributed by atoms with E-state index in [0.29, 0.717) is 11.6 Å². The first-order valence-corrected chi connectivity index (χ1v) is 7.40. The van der Waals surface area contributed by atoms with Gasteiger partial charge in [-0.3, -0.25) is 4.90 Å². The maximum absolute atomic E-state index is 3.94. The van der Waals surface area contributed by atoms with Crippen molar-refractivity contribution in [2.24, 2.45) is 0 Å². The molecule has 2 fully saturated rings. The highest BCUT2D eigenvalue weighted by molar-refractivity contribution is 5.01. The molecule has 17 heavy (non-hydrogen) atoms. The SMILES string of the molecule is C=CCN1CC(CCC)NCC12CCCCC2. The van der Waals surface area contributed by atoms with Crippen LogP contribution in [0.4, 0.5) is 0 Å². The van der Waals surface area contributed by atoms with Gasteiger partial charge in [0.2, 0.25) is 0 Å². The van der Waals surface area contributed by atoms with Crippen molar-refractivity contribution in [3.8, 4) is 0 Å². The Labute approximate surface area is 106 Å². The molecule has 1 atom stereocenters. The van der Waals surface area contributed by atoms with Crippen LogP contribution in [-0.2, 0) is 0 Å². The third-order valence-electron chi connectivity index (χ3n) is 4.60. The van der Waals surface area contributed by atoms with Crippen molar-refractivity contribution >= 4 is 0 Å². The van der Waals surface area contributed by atoms with Crippen LogP contribution in [0, 0.1) is 0 Å². The smallest absolute Gasteiger partial charge is 0.0338 e. The number of nitrogens with zero attached hydrogens (tertiary/aromatic N) is 1. The van der Waals surface area contributed by atoms with E-state index in [1.807, 2.05) is 0 Å². The second kappa shape index (κ2) is 6.01. The molecule has 1 spiro atoms. The summed E-state index contributed by atoms with van der Waals surface area (Å²) < 4.78 is 0. The second-order valence-electron chi connectivity index (χ2n) is 5.85. The van der Waals surface area contributed by atoms with Crippen molar-refractivity contribution in [2.45, 2.75) is 63.5 Å². The Morgan fingerprint density at radius 2 is 2.12 bits per heavy atom. The van der Waals surface area contributed by atoms with Crippen LogP contribution in [0.2, 0.25) is 0 Å². The van der Waals surface area contributed by atoms with Crippen LogP contribution < -0.4 is 5.32 Å². The minimum Gasteiger partial charge on any atom is -0.311 e. The first-order valence-electron chi connectivity index (χ1n) is 7.40. The van der Waals surface area contributed by atoms with E-state index in [1.54, 1.807) is 0 Å². The van der Waals surface area contributed by atoms with Gasteiger partial charge in [-0.25, -0.2) is 0 Å². The topological polar surface area (TPSA) is 15.3 Å². The number of nitrogens with one attached hydrogen (secondary N) is 1. The molecule has 2 heteroatoms. The van der Waals surface area contributed by atoms with Crippen molar-refractivity contribution in [3.05, 3.63) is 12.7 Å². The molecule has 1 saturated heterocycles. The second-order valence-corrected chi connectivity index (χ2v) is 5.85. The van der Waals surface area contributed by atoms with Crippen molar-refractivity contribution in [2.75, 3.05) is 19.6 Å². The van der Waals surface area contributed by atoms with Gasteiger partial charge in [-0.2, -0.15) is 0 Å². The summed E-state index contributed by atoms with van der Waals surface area (Å²) in [5, 5.41) is 3.79. The Balaban J connectivity index is 2.02. The monoisotopic (exact) mass is 236 g/mol. The Hall–Kier alpha value is -0.340. The van der Waals surface area contributed by atoms with Gasteiger partial charge < -0.3 is 5.32 Å². The van der Waals surface area contributed by atoms with Gasteiger partial charge in [-0.1, -0.05) is 38.7 Å². The summed E-state index contributed by atoms with van der Waals surface area (Å²) >= 11 is 0. The van der Waals surface area contributed by atoms with Crippen molar-refractivity contribution in [1.82, 2.24) is 10.2 Å². The largest absolute Gasteiger partial charge is 0.311 e. The van der Waals surface area contributed by atoms with Crippen molar-refractivity contribution < 1.29 is 0 Å². The molecular weight excluding hydrogens is 208 g/mol. The molecule has 0 aromatic carbocycles. The summed E-state index contributed by atoms with van der Waals surface area (Å²) in [6.07, 6.45) is 11.7. The third-order valence-corrected chi connectivity index (χ3v) is 4.60. The minimum atomic E-state index is 0.455. The van der Waals surface area contributed by atoms with Gasteiger partial charge in [0.25, 0.3) is 0 Å². The van der Waals surface area contributed by atoms with Crippen LogP contribution in [-0.4, -0.2) is 36.1 Å². The summed E-state index contributed by atoms with van der Waals surface area (Å²) in [7, 11) is 0. The van der Waals surface area contributed by atoms with Gasteiger partial charge in [-0.05, 0) is 19.3 Å². The molecule has 0 bridgehead atoms. The standard InChI is InChI=1S/C15H28N2/c1-3-8-14-12-17(11-4-2)15(13-16-14)9-6-5-7-10-15/h4,14,16H,2-3,5-13H2,1H3. The first-order chi connectivity index (χ1) is 8.30. The van der Waals surface area contributed by atoms with Gasteiger partial charge in [0.1, 0.15) is 0 Å². The lowest BCUT2D eigenvalue weighted by Crippen LogP contribution is -2.65. The van der Waals surface area contributed by atoms with Crippen molar-refractivity contribution in [1.29, 1.82) is 0 Å². The highest BCUT2D eigenvalue weighted by Gasteiger charge is 2.41. The predicted molar refractivity (Wildman–Crippen MR) is 74.3 cm³/mol. The van der Waals surface area contributed by atoms with Crippen LogP contribution in [0.15, 0.2) is 12.7 Å². The van der Waals surface area contributed by atoms with Crippen LogP contribution in [0.1, 0.15) is 51.9 Å². The fourth-order valence-electron chi connectivity index (χ4n) is 3.64. The van der Waals surface area contributed by atoms with Crippen LogP contribution in [0.25, 0.3) is 0 Å². The van der Waals surface area contributed by atoms with E-state index in [4.69, 9.17) is 0 Å². The van der Waals surface area contributed by atoms with Crippen LogP contribution in [0.3, 0.4) is 0 Å². The number of rotatable bonds is 4. The zero-order chi connectivity index (χ0) is 12.1. The van der Waals surface area contributed by atoms with E-state index in [-0.39, 0.29) is 0 Å². The number of hydrogen-bond donors (Lipinski definition) is 1. The van der Waals surface area contributed by atoms with Gasteiger partial charge in [-0.15, -0.1) is 6.58 Å². The summed E-state index contributed by atoms with van der Waals surface area (Å²) in [4.78, 5) is 2.72. The number of hydrogen-bond acceptors (Lipinski definition) is 2. The van der Waals surface area contributed by atoms with Crippen LogP contribution >= 0.6 is 0 Å². The molecule has 2 rings (SSSR count). The first kappa shape index (κ1) is 13.1. The average molecular weight is 236 g/mol. The normalized spacial score (nSPS) is 29.4. The molecular formula is C15H28N2. The lowest BCUT2D eigenvalue weighted by molar-refractivity contribution is 0.0178. The van der Waals surface area contributed by atoms with E-state index in [1.165, 1.54) is 58.0 Å². The zero-order valence-electron chi connectivity index (χ0n) is 11.4.